The van der Waals surface area contributed by atoms with E-state index in [1.165, 1.54) is 22.3 Å². The molecule has 0 aliphatic rings. The Morgan fingerprint density at radius 1 is 1.05 bits per heavy atom. The maximum atomic E-state index is 11.2. The molecule has 0 spiro atoms. The van der Waals surface area contributed by atoms with Gasteiger partial charge in [0.2, 0.25) is 0 Å². The molecule has 0 fully saturated rings. The van der Waals surface area contributed by atoms with Crippen molar-refractivity contribution >= 4 is 15.9 Å². The molecule has 0 aromatic heterocycles. The van der Waals surface area contributed by atoms with Crippen LogP contribution >= 0.6 is 15.9 Å². The van der Waals surface area contributed by atoms with Gasteiger partial charge in [-0.3, -0.25) is 0 Å². The average molecular weight is 347 g/mol. The van der Waals surface area contributed by atoms with Crippen LogP contribution in [0.4, 0.5) is 0 Å². The fourth-order valence-corrected chi connectivity index (χ4v) is 3.39. The van der Waals surface area contributed by atoms with Gasteiger partial charge in [0, 0.05) is 10.9 Å². The molecule has 21 heavy (non-hydrogen) atoms. The fourth-order valence-electron chi connectivity index (χ4n) is 2.99. The molecule has 0 bridgehead atoms. The summed E-state index contributed by atoms with van der Waals surface area (Å²) in [6.07, 6.45) is 1.34. The first kappa shape index (κ1) is 16.3. The highest BCUT2D eigenvalue weighted by molar-refractivity contribution is 9.10. The van der Waals surface area contributed by atoms with Crippen LogP contribution in [0.3, 0.4) is 0 Å². The maximum Gasteiger partial charge on any atom is 0.0934 e. The monoisotopic (exact) mass is 346 g/mol. The van der Waals surface area contributed by atoms with Crippen LogP contribution in [0.25, 0.3) is 0 Å². The van der Waals surface area contributed by atoms with Crippen LogP contribution in [0.1, 0.15) is 41.2 Å². The molecule has 1 nitrogen and oxygen atoms in total. The highest BCUT2D eigenvalue weighted by Gasteiger charge is 2.29. The number of hydrogen-bond acceptors (Lipinski definition) is 1. The van der Waals surface area contributed by atoms with Crippen LogP contribution in [-0.4, -0.2) is 5.11 Å². The van der Waals surface area contributed by atoms with E-state index in [1.807, 2.05) is 31.2 Å². The van der Waals surface area contributed by atoms with E-state index in [9.17, 15) is 5.11 Å². The van der Waals surface area contributed by atoms with Gasteiger partial charge < -0.3 is 5.11 Å². The molecule has 0 aliphatic heterocycles. The highest BCUT2D eigenvalue weighted by Crippen LogP contribution is 2.33. The first-order valence-corrected chi connectivity index (χ1v) is 8.20. The topological polar surface area (TPSA) is 20.2 Å². The minimum atomic E-state index is -0.825. The molecule has 1 atom stereocenters. The predicted octanol–water partition coefficient (Wildman–Crippen LogP) is 5.21. The molecule has 1 N–H and O–H groups in total. The lowest BCUT2D eigenvalue weighted by Gasteiger charge is -2.29. The van der Waals surface area contributed by atoms with Gasteiger partial charge in [-0.25, -0.2) is 0 Å². The van der Waals surface area contributed by atoms with Gasteiger partial charge in [0.1, 0.15) is 0 Å². The number of halogens is 1. The molecule has 0 radical (unpaired) electrons. The molecule has 0 saturated carbocycles. The number of benzene rings is 2. The van der Waals surface area contributed by atoms with Crippen LogP contribution in [0, 0.1) is 20.8 Å². The molecule has 2 aromatic carbocycles. The van der Waals surface area contributed by atoms with Gasteiger partial charge in [-0.2, -0.15) is 0 Å². The van der Waals surface area contributed by atoms with Crippen LogP contribution in [0.5, 0.6) is 0 Å². The maximum absolute atomic E-state index is 11.2. The lowest BCUT2D eigenvalue weighted by atomic mass is 9.82. The largest absolute Gasteiger partial charge is 0.385 e. The normalized spacial score (nSPS) is 14.0. The summed E-state index contributed by atoms with van der Waals surface area (Å²) in [7, 11) is 0. The first-order valence-electron chi connectivity index (χ1n) is 7.41. The Balaban J connectivity index is 2.44. The van der Waals surface area contributed by atoms with Crippen molar-refractivity contribution in [3.8, 4) is 0 Å². The molecule has 112 valence electrons. The summed E-state index contributed by atoms with van der Waals surface area (Å²) in [6, 6.07) is 12.4. The van der Waals surface area contributed by atoms with Crippen molar-refractivity contribution in [2.24, 2.45) is 0 Å². The number of hydrogen-bond donors (Lipinski definition) is 1. The van der Waals surface area contributed by atoms with Crippen molar-refractivity contribution in [1.82, 2.24) is 0 Å². The zero-order chi connectivity index (χ0) is 15.6. The van der Waals surface area contributed by atoms with Gasteiger partial charge in [0.15, 0.2) is 0 Å². The van der Waals surface area contributed by atoms with Crippen LogP contribution in [0.15, 0.2) is 40.9 Å². The number of aryl methyl sites for hydroxylation is 3. The summed E-state index contributed by atoms with van der Waals surface area (Å²) in [6.45, 7) is 8.42. The minimum absolute atomic E-state index is 0.651. The third-order valence-corrected chi connectivity index (χ3v) is 4.75. The summed E-state index contributed by atoms with van der Waals surface area (Å²) < 4.78 is 1.00. The van der Waals surface area contributed by atoms with Crippen molar-refractivity contribution in [2.45, 2.75) is 46.1 Å². The van der Waals surface area contributed by atoms with E-state index < -0.39 is 5.60 Å². The molecule has 1 unspecified atom stereocenters. The molecule has 0 aliphatic carbocycles. The van der Waals surface area contributed by atoms with E-state index in [2.05, 4.69) is 48.8 Å². The standard InChI is InChI=1S/C19H23BrO/c1-5-19(21,16-7-6-8-17(20)11-16)12-18-14(3)9-13(2)10-15(18)4/h6-11,21H,5,12H2,1-4H3. The van der Waals surface area contributed by atoms with Gasteiger partial charge >= 0.3 is 0 Å². The SMILES string of the molecule is CCC(O)(Cc1c(C)cc(C)cc1C)c1cccc(Br)c1. The van der Waals surface area contributed by atoms with Crippen molar-refractivity contribution in [3.05, 3.63) is 68.7 Å². The lowest BCUT2D eigenvalue weighted by molar-refractivity contribution is 0.0323. The molecular formula is C19H23BrO. The third kappa shape index (κ3) is 3.56. The Hall–Kier alpha value is -1.12. The van der Waals surface area contributed by atoms with E-state index in [-0.39, 0.29) is 0 Å². The van der Waals surface area contributed by atoms with Crippen LogP contribution in [0.2, 0.25) is 0 Å². The molecule has 2 aromatic rings. The predicted molar refractivity (Wildman–Crippen MR) is 92.7 cm³/mol. The van der Waals surface area contributed by atoms with Crippen LogP contribution in [-0.2, 0) is 12.0 Å². The second-order valence-corrected chi connectivity index (χ2v) is 6.87. The Bertz CT molecular complexity index is 625. The van der Waals surface area contributed by atoms with Crippen molar-refractivity contribution in [3.63, 3.8) is 0 Å². The second kappa shape index (κ2) is 6.33. The van der Waals surface area contributed by atoms with Crippen molar-refractivity contribution in [1.29, 1.82) is 0 Å². The van der Waals surface area contributed by atoms with Gasteiger partial charge in [-0.1, -0.05) is 52.7 Å². The quantitative estimate of drug-likeness (QED) is 0.804. The Morgan fingerprint density at radius 2 is 1.67 bits per heavy atom. The zero-order valence-corrected chi connectivity index (χ0v) is 14.8. The van der Waals surface area contributed by atoms with E-state index >= 15 is 0 Å². The van der Waals surface area contributed by atoms with E-state index in [1.54, 1.807) is 0 Å². The molecular weight excluding hydrogens is 324 g/mol. The summed E-state index contributed by atoms with van der Waals surface area (Å²) in [5, 5.41) is 11.2. The summed E-state index contributed by atoms with van der Waals surface area (Å²) in [5.41, 5.74) is 5.19. The van der Waals surface area contributed by atoms with Crippen LogP contribution < -0.4 is 0 Å². The average Bonchev–Trinajstić information content (AvgIpc) is 2.42. The highest BCUT2D eigenvalue weighted by atomic mass is 79.9. The Labute approximate surface area is 136 Å². The summed E-state index contributed by atoms with van der Waals surface area (Å²) in [5.74, 6) is 0. The molecule has 0 heterocycles. The number of aliphatic hydroxyl groups is 1. The molecule has 0 amide bonds. The molecule has 0 saturated heterocycles. The van der Waals surface area contributed by atoms with Crippen molar-refractivity contribution < 1.29 is 5.11 Å². The fraction of sp³-hybridized carbons (Fsp3) is 0.368. The van der Waals surface area contributed by atoms with Gasteiger partial charge in [-0.15, -0.1) is 0 Å². The van der Waals surface area contributed by atoms with Gasteiger partial charge in [-0.05, 0) is 61.6 Å². The lowest BCUT2D eigenvalue weighted by Crippen LogP contribution is -2.28. The van der Waals surface area contributed by atoms with Gasteiger partial charge in [0.25, 0.3) is 0 Å². The van der Waals surface area contributed by atoms with E-state index in [0.29, 0.717) is 12.8 Å². The molecule has 2 rings (SSSR count). The molecule has 2 heteroatoms. The smallest absolute Gasteiger partial charge is 0.0934 e. The third-order valence-electron chi connectivity index (χ3n) is 4.26. The van der Waals surface area contributed by atoms with E-state index in [0.717, 1.165) is 10.0 Å². The zero-order valence-electron chi connectivity index (χ0n) is 13.2. The summed E-state index contributed by atoms with van der Waals surface area (Å²) in [4.78, 5) is 0. The number of rotatable bonds is 4. The minimum Gasteiger partial charge on any atom is -0.385 e. The Kier molecular flexibility index (Phi) is 4.90. The summed E-state index contributed by atoms with van der Waals surface area (Å²) >= 11 is 3.50. The van der Waals surface area contributed by atoms with Crippen molar-refractivity contribution in [2.75, 3.05) is 0 Å². The van der Waals surface area contributed by atoms with Gasteiger partial charge in [0.05, 0.1) is 5.60 Å². The first-order chi connectivity index (χ1) is 9.85. The van der Waals surface area contributed by atoms with E-state index in [4.69, 9.17) is 0 Å². The second-order valence-electron chi connectivity index (χ2n) is 5.95. The Morgan fingerprint density at radius 3 is 2.19 bits per heavy atom.